The molecular formula is C16H24ClN3O2. The first-order valence-corrected chi connectivity index (χ1v) is 7.74. The molecule has 1 N–H and O–H groups in total. The molecule has 1 unspecified atom stereocenters. The number of hydrogen-bond donors (Lipinski definition) is 1. The molecular weight excluding hydrogens is 302 g/mol. The predicted octanol–water partition coefficient (Wildman–Crippen LogP) is 2.98. The Bertz CT molecular complexity index is 528. The Balaban J connectivity index is 0.00000176. The molecule has 1 aromatic carbocycles. The highest BCUT2D eigenvalue weighted by molar-refractivity contribution is 5.85. The Kier molecular flexibility index (Phi) is 5.42. The number of nitro groups is 1. The summed E-state index contributed by atoms with van der Waals surface area (Å²) in [6, 6.07) is 7.75. The highest BCUT2D eigenvalue weighted by atomic mass is 35.5. The summed E-state index contributed by atoms with van der Waals surface area (Å²) in [5, 5.41) is 14.6. The van der Waals surface area contributed by atoms with Gasteiger partial charge in [-0.05, 0) is 31.2 Å². The van der Waals surface area contributed by atoms with Crippen molar-refractivity contribution in [1.82, 2.24) is 10.2 Å². The van der Waals surface area contributed by atoms with Crippen LogP contribution in [0.3, 0.4) is 0 Å². The summed E-state index contributed by atoms with van der Waals surface area (Å²) in [6.45, 7) is 6.17. The number of para-hydroxylation sites is 1. The fraction of sp³-hybridized carbons (Fsp3) is 0.625. The molecule has 1 atom stereocenters. The van der Waals surface area contributed by atoms with E-state index in [-0.39, 0.29) is 23.0 Å². The minimum Gasteiger partial charge on any atom is -0.316 e. The van der Waals surface area contributed by atoms with Crippen molar-refractivity contribution < 1.29 is 4.92 Å². The van der Waals surface area contributed by atoms with Gasteiger partial charge in [-0.3, -0.25) is 15.0 Å². The Labute approximate surface area is 137 Å². The van der Waals surface area contributed by atoms with Gasteiger partial charge in [0.15, 0.2) is 0 Å². The Hall–Kier alpha value is -1.17. The van der Waals surface area contributed by atoms with E-state index in [4.69, 9.17) is 0 Å². The average Bonchev–Trinajstić information content (AvgIpc) is 3.22. The van der Waals surface area contributed by atoms with E-state index in [1.54, 1.807) is 12.1 Å². The largest absolute Gasteiger partial charge is 0.316 e. The minimum absolute atomic E-state index is 0. The molecule has 2 aliphatic rings. The fourth-order valence-corrected chi connectivity index (χ4v) is 3.29. The molecule has 22 heavy (non-hydrogen) atoms. The maximum Gasteiger partial charge on any atom is 0.273 e. The van der Waals surface area contributed by atoms with Crippen molar-refractivity contribution in [2.75, 3.05) is 19.6 Å². The summed E-state index contributed by atoms with van der Waals surface area (Å²) in [7, 11) is 0. The predicted molar refractivity (Wildman–Crippen MR) is 89.4 cm³/mol. The van der Waals surface area contributed by atoms with Gasteiger partial charge in [0.1, 0.15) is 0 Å². The monoisotopic (exact) mass is 325 g/mol. The number of nitrogens with zero attached hydrogens (tertiary/aromatic N) is 2. The lowest BCUT2D eigenvalue weighted by molar-refractivity contribution is -0.385. The normalized spacial score (nSPS) is 24.3. The molecule has 0 radical (unpaired) electrons. The molecule has 1 aliphatic heterocycles. The van der Waals surface area contributed by atoms with Crippen molar-refractivity contribution in [3.63, 3.8) is 0 Å². The fourth-order valence-electron chi connectivity index (χ4n) is 3.29. The second-order valence-corrected chi connectivity index (χ2v) is 6.76. The lowest BCUT2D eigenvalue weighted by atomic mass is 9.89. The maximum atomic E-state index is 11.2. The van der Waals surface area contributed by atoms with Crippen LogP contribution in [-0.4, -0.2) is 35.5 Å². The molecule has 1 heterocycles. The van der Waals surface area contributed by atoms with E-state index in [9.17, 15) is 10.1 Å². The van der Waals surface area contributed by atoms with Crippen molar-refractivity contribution in [1.29, 1.82) is 0 Å². The van der Waals surface area contributed by atoms with E-state index in [1.165, 1.54) is 19.3 Å². The van der Waals surface area contributed by atoms with E-state index in [0.29, 0.717) is 18.0 Å². The van der Waals surface area contributed by atoms with Crippen LogP contribution in [0.15, 0.2) is 24.3 Å². The Morgan fingerprint density at radius 2 is 2.14 bits per heavy atom. The van der Waals surface area contributed by atoms with Gasteiger partial charge in [0, 0.05) is 37.3 Å². The third-order valence-electron chi connectivity index (χ3n) is 4.67. The van der Waals surface area contributed by atoms with Crippen molar-refractivity contribution >= 4 is 18.1 Å². The molecule has 3 rings (SSSR count). The molecule has 5 nitrogen and oxygen atoms in total. The van der Waals surface area contributed by atoms with Gasteiger partial charge in [-0.2, -0.15) is 0 Å². The van der Waals surface area contributed by atoms with Gasteiger partial charge < -0.3 is 5.32 Å². The molecule has 1 saturated carbocycles. The van der Waals surface area contributed by atoms with E-state index in [2.05, 4.69) is 17.1 Å². The number of halogens is 1. The smallest absolute Gasteiger partial charge is 0.273 e. The molecule has 0 spiro atoms. The Morgan fingerprint density at radius 3 is 2.73 bits per heavy atom. The summed E-state index contributed by atoms with van der Waals surface area (Å²) < 4.78 is 0. The SMILES string of the molecule is CC1(CN(Cc2ccccc2[N+](=O)[O-])C2CC2)CCNC1.Cl. The summed E-state index contributed by atoms with van der Waals surface area (Å²) in [5.41, 5.74) is 1.38. The van der Waals surface area contributed by atoms with E-state index in [0.717, 1.165) is 25.2 Å². The number of rotatable bonds is 6. The molecule has 0 amide bonds. The average molecular weight is 326 g/mol. The van der Waals surface area contributed by atoms with Gasteiger partial charge in [-0.25, -0.2) is 0 Å². The zero-order chi connectivity index (χ0) is 14.9. The first kappa shape index (κ1) is 17.2. The first-order chi connectivity index (χ1) is 10.1. The second-order valence-electron chi connectivity index (χ2n) is 6.76. The van der Waals surface area contributed by atoms with Gasteiger partial charge in [0.05, 0.1) is 4.92 Å². The molecule has 0 aromatic heterocycles. The number of benzene rings is 1. The molecule has 1 aromatic rings. The molecule has 0 bridgehead atoms. The lowest BCUT2D eigenvalue weighted by Crippen LogP contribution is -2.38. The van der Waals surface area contributed by atoms with Gasteiger partial charge in [0.25, 0.3) is 5.69 Å². The standard InChI is InChI=1S/C16H23N3O2.ClH/c1-16(8-9-17-11-16)12-18(14-6-7-14)10-13-4-2-3-5-15(13)19(20)21;/h2-5,14,17H,6-12H2,1H3;1H. The van der Waals surface area contributed by atoms with Crippen LogP contribution in [0.1, 0.15) is 31.7 Å². The van der Waals surface area contributed by atoms with E-state index < -0.39 is 0 Å². The van der Waals surface area contributed by atoms with Gasteiger partial charge in [0.2, 0.25) is 0 Å². The van der Waals surface area contributed by atoms with Crippen molar-refractivity contribution in [3.05, 3.63) is 39.9 Å². The quantitative estimate of drug-likeness (QED) is 0.645. The second kappa shape index (κ2) is 6.94. The summed E-state index contributed by atoms with van der Waals surface area (Å²) in [6.07, 6.45) is 3.64. The van der Waals surface area contributed by atoms with Gasteiger partial charge in [-0.1, -0.05) is 25.1 Å². The van der Waals surface area contributed by atoms with Gasteiger partial charge >= 0.3 is 0 Å². The minimum atomic E-state index is -0.265. The summed E-state index contributed by atoms with van der Waals surface area (Å²) in [5.74, 6) is 0. The third-order valence-corrected chi connectivity index (χ3v) is 4.67. The van der Waals surface area contributed by atoms with Crippen LogP contribution in [0.5, 0.6) is 0 Å². The highest BCUT2D eigenvalue weighted by Crippen LogP contribution is 2.35. The topological polar surface area (TPSA) is 58.4 Å². The van der Waals surface area contributed by atoms with Crippen molar-refractivity contribution in [3.8, 4) is 0 Å². The zero-order valence-electron chi connectivity index (χ0n) is 13.0. The lowest BCUT2D eigenvalue weighted by Gasteiger charge is -2.32. The number of nitro benzene ring substituents is 1. The van der Waals surface area contributed by atoms with Crippen LogP contribution in [0.2, 0.25) is 0 Å². The van der Waals surface area contributed by atoms with Crippen LogP contribution in [0.4, 0.5) is 5.69 Å². The van der Waals surface area contributed by atoms with Crippen LogP contribution in [-0.2, 0) is 6.54 Å². The van der Waals surface area contributed by atoms with E-state index in [1.807, 2.05) is 12.1 Å². The van der Waals surface area contributed by atoms with E-state index >= 15 is 0 Å². The van der Waals surface area contributed by atoms with Crippen LogP contribution >= 0.6 is 12.4 Å². The van der Waals surface area contributed by atoms with Crippen LogP contribution < -0.4 is 5.32 Å². The summed E-state index contributed by atoms with van der Waals surface area (Å²) >= 11 is 0. The van der Waals surface area contributed by atoms with Crippen LogP contribution in [0, 0.1) is 15.5 Å². The number of hydrogen-bond acceptors (Lipinski definition) is 4. The molecule has 122 valence electrons. The molecule has 6 heteroatoms. The number of nitrogens with one attached hydrogen (secondary N) is 1. The third kappa shape index (κ3) is 3.97. The van der Waals surface area contributed by atoms with Crippen molar-refractivity contribution in [2.45, 2.75) is 38.8 Å². The molecule has 1 saturated heterocycles. The van der Waals surface area contributed by atoms with Crippen molar-refractivity contribution in [2.24, 2.45) is 5.41 Å². The van der Waals surface area contributed by atoms with Crippen LogP contribution in [0.25, 0.3) is 0 Å². The molecule has 2 fully saturated rings. The van der Waals surface area contributed by atoms with Gasteiger partial charge in [-0.15, -0.1) is 12.4 Å². The summed E-state index contributed by atoms with van der Waals surface area (Å²) in [4.78, 5) is 13.4. The first-order valence-electron chi connectivity index (χ1n) is 7.74. The zero-order valence-corrected chi connectivity index (χ0v) is 13.8. The maximum absolute atomic E-state index is 11.2. The Morgan fingerprint density at radius 1 is 1.41 bits per heavy atom. The molecule has 1 aliphatic carbocycles. The highest BCUT2D eigenvalue weighted by Gasteiger charge is 2.37.